The number of hydrogen-bond donors (Lipinski definition) is 4. The van der Waals surface area contributed by atoms with Crippen LogP contribution in [0.25, 0.3) is 11.3 Å². The lowest BCUT2D eigenvalue weighted by atomic mass is 9.83. The van der Waals surface area contributed by atoms with Gasteiger partial charge in [0.2, 0.25) is 5.95 Å². The average Bonchev–Trinajstić information content (AvgIpc) is 3.38. The number of nitrogens with zero attached hydrogens (tertiary/aromatic N) is 5. The van der Waals surface area contributed by atoms with Gasteiger partial charge in [-0.3, -0.25) is 0 Å². The average molecular weight is 435 g/mol. The van der Waals surface area contributed by atoms with Gasteiger partial charge in [-0.2, -0.15) is 10.4 Å². The number of hydrogen-bond acceptors (Lipinski definition) is 9. The van der Waals surface area contributed by atoms with Crippen LogP contribution in [0.3, 0.4) is 0 Å². The van der Waals surface area contributed by atoms with E-state index in [-0.39, 0.29) is 13.2 Å². The summed E-state index contributed by atoms with van der Waals surface area (Å²) in [5, 5.41) is 39.7. The molecule has 4 rings (SSSR count). The Hall–Kier alpha value is -3.52. The first kappa shape index (κ1) is 21.7. The zero-order chi connectivity index (χ0) is 22.7. The van der Waals surface area contributed by atoms with Crippen LogP contribution < -0.4 is 10.6 Å². The third-order valence-corrected chi connectivity index (χ3v) is 5.60. The highest BCUT2D eigenvalue weighted by atomic mass is 16.5. The van der Waals surface area contributed by atoms with Crippen molar-refractivity contribution in [2.75, 3.05) is 37.5 Å². The predicted molar refractivity (Wildman–Crippen MR) is 118 cm³/mol. The highest BCUT2D eigenvalue weighted by Crippen LogP contribution is 2.41. The molecule has 10 heteroatoms. The first-order valence-corrected chi connectivity index (χ1v) is 10.2. The smallest absolute Gasteiger partial charge is 0.228 e. The van der Waals surface area contributed by atoms with Crippen LogP contribution in [0, 0.1) is 11.3 Å². The number of aliphatic hydroxyl groups is 2. The van der Waals surface area contributed by atoms with Crippen molar-refractivity contribution in [2.24, 2.45) is 0 Å². The molecule has 32 heavy (non-hydrogen) atoms. The standard InChI is InChI=1S/C22H25N7O3/c1-22(13-31)12-25-20-15(10-23)7-14(8-17(20)22)18-3-4-24-21(26-18)27-19-9-16(11-30)28-29(19)5-6-32-2/h3-4,7-9,25,30-31H,5-6,11-13H2,1-2H3,(H,24,26,27)/t22-/m1/s1. The fourth-order valence-corrected chi connectivity index (χ4v) is 3.75. The summed E-state index contributed by atoms with van der Waals surface area (Å²) in [4.78, 5) is 8.92. The van der Waals surface area contributed by atoms with Crippen molar-refractivity contribution in [1.82, 2.24) is 19.7 Å². The summed E-state index contributed by atoms with van der Waals surface area (Å²) >= 11 is 0. The van der Waals surface area contributed by atoms with Crippen molar-refractivity contribution in [3.8, 4) is 17.3 Å². The van der Waals surface area contributed by atoms with Gasteiger partial charge in [-0.15, -0.1) is 0 Å². The van der Waals surface area contributed by atoms with Gasteiger partial charge in [-0.25, -0.2) is 14.6 Å². The highest BCUT2D eigenvalue weighted by molar-refractivity contribution is 5.76. The maximum atomic E-state index is 9.92. The quantitative estimate of drug-likeness (QED) is 0.416. The van der Waals surface area contributed by atoms with E-state index in [0.717, 1.165) is 16.8 Å². The summed E-state index contributed by atoms with van der Waals surface area (Å²) in [6, 6.07) is 9.49. The van der Waals surface area contributed by atoms with Gasteiger partial charge in [0.25, 0.3) is 0 Å². The van der Waals surface area contributed by atoms with Crippen molar-refractivity contribution >= 4 is 17.5 Å². The number of ether oxygens (including phenoxy) is 1. The number of nitrogens with one attached hydrogen (secondary N) is 2. The minimum Gasteiger partial charge on any atom is -0.395 e. The molecule has 1 aliphatic rings. The topological polar surface area (TPSA) is 141 Å². The van der Waals surface area contributed by atoms with E-state index in [2.05, 4.69) is 31.8 Å². The Balaban J connectivity index is 1.69. The molecule has 0 amide bonds. The van der Waals surface area contributed by atoms with Crippen LogP contribution in [-0.2, 0) is 23.3 Å². The first-order chi connectivity index (χ1) is 15.5. The van der Waals surface area contributed by atoms with Crippen LogP contribution in [0.4, 0.5) is 17.5 Å². The Bertz CT molecular complexity index is 1170. The SMILES string of the molecule is COCCn1nc(CO)cc1Nc1nccc(-c2cc(C#N)c3c(c2)[C@@](C)(CO)CN3)n1. The molecule has 0 unspecified atom stereocenters. The van der Waals surface area contributed by atoms with E-state index < -0.39 is 5.41 Å². The lowest BCUT2D eigenvalue weighted by molar-refractivity contribution is 0.183. The summed E-state index contributed by atoms with van der Waals surface area (Å²) in [6.45, 7) is 3.28. The Kier molecular flexibility index (Phi) is 6.05. The van der Waals surface area contributed by atoms with Crippen LogP contribution >= 0.6 is 0 Å². The second kappa shape index (κ2) is 8.92. The maximum Gasteiger partial charge on any atom is 0.228 e. The van der Waals surface area contributed by atoms with Crippen LogP contribution in [0.2, 0.25) is 0 Å². The largest absolute Gasteiger partial charge is 0.395 e. The van der Waals surface area contributed by atoms with Gasteiger partial charge in [-0.05, 0) is 23.8 Å². The summed E-state index contributed by atoms with van der Waals surface area (Å²) < 4.78 is 6.81. The van der Waals surface area contributed by atoms with Gasteiger partial charge in [0.05, 0.1) is 49.0 Å². The van der Waals surface area contributed by atoms with E-state index in [9.17, 15) is 15.5 Å². The zero-order valence-corrected chi connectivity index (χ0v) is 18.0. The third kappa shape index (κ3) is 4.01. The fraction of sp³-hybridized carbons (Fsp3) is 0.364. The number of fused-ring (bicyclic) bond motifs is 1. The molecule has 1 aromatic carbocycles. The third-order valence-electron chi connectivity index (χ3n) is 5.60. The van der Waals surface area contributed by atoms with E-state index in [0.29, 0.717) is 48.4 Å². The second-order valence-electron chi connectivity index (χ2n) is 7.92. The molecule has 1 aliphatic heterocycles. The molecule has 4 N–H and O–H groups in total. The van der Waals surface area contributed by atoms with E-state index >= 15 is 0 Å². The normalized spacial score (nSPS) is 17.0. The van der Waals surface area contributed by atoms with Crippen LogP contribution in [0.5, 0.6) is 0 Å². The van der Waals surface area contributed by atoms with Crippen molar-refractivity contribution in [2.45, 2.75) is 25.5 Å². The van der Waals surface area contributed by atoms with Crippen LogP contribution in [0.15, 0.2) is 30.5 Å². The van der Waals surface area contributed by atoms with Crippen LogP contribution in [-0.4, -0.2) is 56.8 Å². The first-order valence-electron chi connectivity index (χ1n) is 10.2. The molecule has 0 fully saturated rings. The number of methoxy groups -OCH3 is 1. The Morgan fingerprint density at radius 3 is 2.91 bits per heavy atom. The highest BCUT2D eigenvalue weighted by Gasteiger charge is 2.35. The zero-order valence-electron chi connectivity index (χ0n) is 18.0. The molecule has 2 aromatic heterocycles. The minimum atomic E-state index is -0.473. The van der Waals surface area contributed by atoms with E-state index in [1.54, 1.807) is 36.2 Å². The molecule has 10 nitrogen and oxygen atoms in total. The molecular weight excluding hydrogens is 410 g/mol. The number of rotatable bonds is 8. The molecule has 0 spiro atoms. The van der Waals surface area contributed by atoms with Gasteiger partial charge < -0.3 is 25.6 Å². The maximum absolute atomic E-state index is 9.92. The minimum absolute atomic E-state index is 0.0312. The molecule has 0 saturated heterocycles. The summed E-state index contributed by atoms with van der Waals surface area (Å²) in [7, 11) is 1.61. The number of nitriles is 1. The summed E-state index contributed by atoms with van der Waals surface area (Å²) in [5.41, 5.74) is 3.61. The Morgan fingerprint density at radius 1 is 1.34 bits per heavy atom. The van der Waals surface area contributed by atoms with Crippen molar-refractivity contribution < 1.29 is 14.9 Å². The van der Waals surface area contributed by atoms with Gasteiger partial charge in [0.1, 0.15) is 11.9 Å². The van der Waals surface area contributed by atoms with E-state index in [1.807, 2.05) is 13.0 Å². The van der Waals surface area contributed by atoms with Crippen LogP contribution in [0.1, 0.15) is 23.7 Å². The van der Waals surface area contributed by atoms with E-state index in [4.69, 9.17) is 4.74 Å². The molecule has 166 valence electrons. The van der Waals surface area contributed by atoms with Gasteiger partial charge >= 0.3 is 0 Å². The molecule has 0 radical (unpaired) electrons. The summed E-state index contributed by atoms with van der Waals surface area (Å²) in [6.07, 6.45) is 1.64. The van der Waals surface area contributed by atoms with Gasteiger partial charge in [0, 0.05) is 36.9 Å². The molecule has 0 aliphatic carbocycles. The number of benzene rings is 1. The molecular formula is C22H25N7O3. The number of anilines is 3. The second-order valence-corrected chi connectivity index (χ2v) is 7.92. The fourth-order valence-electron chi connectivity index (χ4n) is 3.75. The molecule has 3 aromatic rings. The lowest BCUT2D eigenvalue weighted by Gasteiger charge is -2.21. The number of aliphatic hydroxyl groups excluding tert-OH is 2. The molecule has 3 heterocycles. The Morgan fingerprint density at radius 2 is 2.19 bits per heavy atom. The number of aromatic nitrogens is 4. The van der Waals surface area contributed by atoms with Crippen molar-refractivity contribution in [1.29, 1.82) is 5.26 Å². The van der Waals surface area contributed by atoms with E-state index in [1.165, 1.54) is 0 Å². The van der Waals surface area contributed by atoms with Crippen molar-refractivity contribution in [3.63, 3.8) is 0 Å². The molecule has 1 atom stereocenters. The molecule has 0 saturated carbocycles. The van der Waals surface area contributed by atoms with Gasteiger partial charge in [-0.1, -0.05) is 6.92 Å². The molecule has 0 bridgehead atoms. The monoisotopic (exact) mass is 435 g/mol. The van der Waals surface area contributed by atoms with Gasteiger partial charge in [0.15, 0.2) is 0 Å². The predicted octanol–water partition coefficient (Wildman–Crippen LogP) is 1.77. The van der Waals surface area contributed by atoms with Crippen molar-refractivity contribution in [3.05, 3.63) is 47.3 Å². The Labute approximate surface area is 185 Å². The lowest BCUT2D eigenvalue weighted by Crippen LogP contribution is -2.28. The summed E-state index contributed by atoms with van der Waals surface area (Å²) in [5.74, 6) is 0.986.